The maximum absolute atomic E-state index is 9.13. The average molecular weight is 333 g/mol. The minimum absolute atomic E-state index is 0.0660. The number of rotatable bonds is 7. The second-order valence-corrected chi connectivity index (χ2v) is 5.08. The molecule has 0 aromatic heterocycles. The first-order chi connectivity index (χ1) is 8.60. The monoisotopic (exact) mass is 332 g/mol. The molecule has 0 heterocycles. The smallest absolute Gasteiger partial charge is 0.106 e. The van der Waals surface area contributed by atoms with Gasteiger partial charge in [-0.15, -0.1) is 0 Å². The number of aliphatic hydroxyl groups is 1. The Balaban J connectivity index is 3.05. The third-order valence-corrected chi connectivity index (χ3v) is 3.21. The van der Waals surface area contributed by atoms with E-state index in [1.54, 1.807) is 7.11 Å². The predicted octanol–water partition coefficient (Wildman–Crippen LogP) is 1.53. The van der Waals surface area contributed by atoms with Crippen LogP contribution in [0.15, 0.2) is 22.7 Å². The number of benzene rings is 1. The lowest BCUT2D eigenvalue weighted by atomic mass is 10.1. The van der Waals surface area contributed by atoms with Crippen LogP contribution in [0.2, 0.25) is 0 Å². The van der Waals surface area contributed by atoms with Gasteiger partial charge in [-0.1, -0.05) is 28.1 Å². The van der Waals surface area contributed by atoms with Gasteiger partial charge in [-0.2, -0.15) is 0 Å². The molecule has 18 heavy (non-hydrogen) atoms. The molecule has 1 aromatic carbocycles. The summed E-state index contributed by atoms with van der Waals surface area (Å²) in [5, 5.41) is 9.13. The third kappa shape index (κ3) is 4.20. The van der Waals surface area contributed by atoms with Gasteiger partial charge < -0.3 is 20.5 Å². The molecule has 0 aliphatic heterocycles. The molecule has 0 saturated carbocycles. The Morgan fingerprint density at radius 1 is 1.50 bits per heavy atom. The zero-order chi connectivity index (χ0) is 13.5. The van der Waals surface area contributed by atoms with Gasteiger partial charge in [-0.3, -0.25) is 0 Å². The van der Waals surface area contributed by atoms with Crippen molar-refractivity contribution in [2.24, 2.45) is 5.73 Å². The van der Waals surface area contributed by atoms with Crippen molar-refractivity contribution in [1.29, 1.82) is 0 Å². The molecule has 0 aliphatic carbocycles. The highest BCUT2D eigenvalue weighted by atomic mass is 79.9. The summed E-state index contributed by atoms with van der Waals surface area (Å²) in [6.45, 7) is 1.83. The van der Waals surface area contributed by atoms with E-state index < -0.39 is 0 Å². The van der Waals surface area contributed by atoms with E-state index in [0.717, 1.165) is 15.7 Å². The number of thiocarbonyl (C=S) groups is 1. The van der Waals surface area contributed by atoms with Gasteiger partial charge in [0, 0.05) is 35.9 Å². The summed E-state index contributed by atoms with van der Waals surface area (Å²) >= 11 is 8.46. The van der Waals surface area contributed by atoms with Gasteiger partial charge in [0.25, 0.3) is 0 Å². The number of nitrogens with zero attached hydrogens (tertiary/aromatic N) is 1. The molecule has 1 aromatic rings. The molecule has 3 N–H and O–H groups in total. The summed E-state index contributed by atoms with van der Waals surface area (Å²) < 4.78 is 5.99. The van der Waals surface area contributed by atoms with Crippen LogP contribution in [0.1, 0.15) is 5.56 Å². The van der Waals surface area contributed by atoms with E-state index in [9.17, 15) is 0 Å². The van der Waals surface area contributed by atoms with Crippen molar-refractivity contribution in [2.75, 3.05) is 38.3 Å². The van der Waals surface area contributed by atoms with Crippen LogP contribution >= 0.6 is 28.1 Å². The summed E-state index contributed by atoms with van der Waals surface area (Å²) in [5.74, 6) is 0. The van der Waals surface area contributed by atoms with Crippen molar-refractivity contribution < 1.29 is 9.84 Å². The van der Waals surface area contributed by atoms with Crippen LogP contribution in [0.5, 0.6) is 0 Å². The zero-order valence-corrected chi connectivity index (χ0v) is 12.6. The molecule has 0 saturated heterocycles. The van der Waals surface area contributed by atoms with Gasteiger partial charge in [-0.05, 0) is 18.2 Å². The number of aliphatic hydroxyl groups excluding tert-OH is 1. The number of hydrogen-bond donors (Lipinski definition) is 2. The largest absolute Gasteiger partial charge is 0.395 e. The summed E-state index contributed by atoms with van der Waals surface area (Å²) in [6, 6.07) is 5.74. The molecule has 0 unspecified atom stereocenters. The van der Waals surface area contributed by atoms with Crippen molar-refractivity contribution in [2.45, 2.75) is 0 Å². The quantitative estimate of drug-likeness (QED) is 0.741. The number of methoxy groups -OCH3 is 1. The van der Waals surface area contributed by atoms with E-state index in [1.165, 1.54) is 0 Å². The highest BCUT2D eigenvalue weighted by Crippen LogP contribution is 2.24. The van der Waals surface area contributed by atoms with Crippen LogP contribution in [-0.4, -0.2) is 43.5 Å². The topological polar surface area (TPSA) is 58.7 Å². The Kier molecular flexibility index (Phi) is 6.56. The fourth-order valence-electron chi connectivity index (χ4n) is 1.66. The summed E-state index contributed by atoms with van der Waals surface area (Å²) in [5.41, 5.74) is 7.45. The maximum atomic E-state index is 9.13. The first-order valence-corrected chi connectivity index (χ1v) is 6.74. The Hall–Kier alpha value is -0.690. The van der Waals surface area contributed by atoms with Gasteiger partial charge in [0.1, 0.15) is 4.99 Å². The summed E-state index contributed by atoms with van der Waals surface area (Å²) in [4.78, 5) is 2.34. The minimum Gasteiger partial charge on any atom is -0.395 e. The molecular weight excluding hydrogens is 316 g/mol. The summed E-state index contributed by atoms with van der Waals surface area (Å²) in [7, 11) is 1.65. The van der Waals surface area contributed by atoms with E-state index >= 15 is 0 Å². The van der Waals surface area contributed by atoms with Crippen molar-refractivity contribution in [3.8, 4) is 0 Å². The Labute approximate surface area is 121 Å². The molecule has 0 amide bonds. The summed E-state index contributed by atoms with van der Waals surface area (Å²) in [6.07, 6.45) is 0. The van der Waals surface area contributed by atoms with Crippen LogP contribution in [0, 0.1) is 0 Å². The normalized spacial score (nSPS) is 10.4. The number of ether oxygens (including phenoxy) is 1. The van der Waals surface area contributed by atoms with E-state index in [1.807, 2.05) is 23.1 Å². The van der Waals surface area contributed by atoms with Crippen LogP contribution in [0.25, 0.3) is 0 Å². The van der Waals surface area contributed by atoms with E-state index in [0.29, 0.717) is 24.7 Å². The van der Waals surface area contributed by atoms with Crippen LogP contribution in [0.4, 0.5) is 5.69 Å². The molecular formula is C12H17BrN2O2S. The lowest BCUT2D eigenvalue weighted by Crippen LogP contribution is -2.32. The SMILES string of the molecule is COCCN(CCO)c1ccc(Br)cc1C(N)=S. The third-order valence-electron chi connectivity index (χ3n) is 2.50. The molecule has 100 valence electrons. The Morgan fingerprint density at radius 3 is 2.78 bits per heavy atom. The Bertz CT molecular complexity index is 415. The first kappa shape index (κ1) is 15.4. The highest BCUT2D eigenvalue weighted by Gasteiger charge is 2.13. The number of nitrogens with two attached hydrogens (primary N) is 1. The minimum atomic E-state index is 0.0660. The molecule has 4 nitrogen and oxygen atoms in total. The lowest BCUT2D eigenvalue weighted by molar-refractivity contribution is 0.203. The van der Waals surface area contributed by atoms with E-state index in [-0.39, 0.29) is 6.61 Å². The predicted molar refractivity (Wildman–Crippen MR) is 81.2 cm³/mol. The van der Waals surface area contributed by atoms with Crippen molar-refractivity contribution in [1.82, 2.24) is 0 Å². The average Bonchev–Trinajstić information content (AvgIpc) is 2.34. The molecule has 1 rings (SSSR count). The number of anilines is 1. The zero-order valence-electron chi connectivity index (χ0n) is 10.2. The van der Waals surface area contributed by atoms with Crippen LogP contribution in [-0.2, 0) is 4.74 Å². The molecule has 0 fully saturated rings. The lowest BCUT2D eigenvalue weighted by Gasteiger charge is -2.26. The van der Waals surface area contributed by atoms with Crippen molar-refractivity contribution >= 4 is 38.8 Å². The van der Waals surface area contributed by atoms with Gasteiger partial charge in [0.05, 0.1) is 13.2 Å². The van der Waals surface area contributed by atoms with Crippen LogP contribution < -0.4 is 10.6 Å². The molecule has 0 aliphatic rings. The fraction of sp³-hybridized carbons (Fsp3) is 0.417. The maximum Gasteiger partial charge on any atom is 0.106 e. The molecule has 0 bridgehead atoms. The van der Waals surface area contributed by atoms with Gasteiger partial charge in [-0.25, -0.2) is 0 Å². The first-order valence-electron chi connectivity index (χ1n) is 5.54. The number of halogens is 1. The second kappa shape index (κ2) is 7.68. The van der Waals surface area contributed by atoms with Gasteiger partial charge in [0.15, 0.2) is 0 Å². The highest BCUT2D eigenvalue weighted by molar-refractivity contribution is 9.10. The standard InChI is InChI=1S/C12H17BrN2O2S/c1-17-7-5-15(4-6-16)11-3-2-9(13)8-10(11)12(14)18/h2-3,8,16H,4-7H2,1H3,(H2,14,18). The van der Waals surface area contributed by atoms with Gasteiger partial charge in [0.2, 0.25) is 0 Å². The van der Waals surface area contributed by atoms with E-state index in [4.69, 9.17) is 27.8 Å². The van der Waals surface area contributed by atoms with Crippen LogP contribution in [0.3, 0.4) is 0 Å². The van der Waals surface area contributed by atoms with Gasteiger partial charge >= 0.3 is 0 Å². The molecule has 6 heteroatoms. The second-order valence-electron chi connectivity index (χ2n) is 3.73. The van der Waals surface area contributed by atoms with E-state index in [2.05, 4.69) is 15.9 Å². The van der Waals surface area contributed by atoms with Crippen molar-refractivity contribution in [3.63, 3.8) is 0 Å². The fourth-order valence-corrected chi connectivity index (χ4v) is 2.18. The molecule has 0 spiro atoms. The molecule has 0 radical (unpaired) electrons. The molecule has 0 atom stereocenters. The Morgan fingerprint density at radius 2 is 2.22 bits per heavy atom. The number of hydrogen-bond acceptors (Lipinski definition) is 4. The van der Waals surface area contributed by atoms with Crippen molar-refractivity contribution in [3.05, 3.63) is 28.2 Å².